The van der Waals surface area contributed by atoms with Gasteiger partial charge in [-0.25, -0.2) is 0 Å². The van der Waals surface area contributed by atoms with E-state index in [0.717, 1.165) is 12.2 Å². The van der Waals surface area contributed by atoms with Crippen LogP contribution in [-0.2, 0) is 6.42 Å². The second-order valence-electron chi connectivity index (χ2n) is 4.84. The van der Waals surface area contributed by atoms with Gasteiger partial charge in [-0.2, -0.15) is 0 Å². The minimum atomic E-state index is 0.173. The lowest BCUT2D eigenvalue weighted by Gasteiger charge is -2.13. The smallest absolute Gasteiger partial charge is 0.119 e. The topological polar surface area (TPSA) is 41.5 Å². The molecule has 0 aliphatic heterocycles. The van der Waals surface area contributed by atoms with Crippen LogP contribution in [0.2, 0.25) is 0 Å². The summed E-state index contributed by atoms with van der Waals surface area (Å²) in [6.07, 6.45) is 2.29. The lowest BCUT2D eigenvalue weighted by molar-refractivity contribution is 0.174. The van der Waals surface area contributed by atoms with Crippen LogP contribution in [0.15, 0.2) is 18.2 Å². The largest absolute Gasteiger partial charge is 0.493 e. The molecule has 0 amide bonds. The third-order valence-corrected chi connectivity index (χ3v) is 3.39. The fourth-order valence-electron chi connectivity index (χ4n) is 2.27. The maximum Gasteiger partial charge on any atom is 0.119 e. The molecule has 2 unspecified atom stereocenters. The average Bonchev–Trinajstić information content (AvgIpc) is 2.78. The highest BCUT2D eigenvalue weighted by Crippen LogP contribution is 2.33. The number of aliphatic hydroxyl groups is 1. The lowest BCUT2D eigenvalue weighted by Crippen LogP contribution is -2.13. The first-order chi connectivity index (χ1) is 8.24. The average molecular weight is 235 g/mol. The summed E-state index contributed by atoms with van der Waals surface area (Å²) >= 11 is 0. The molecule has 0 radical (unpaired) electrons. The van der Waals surface area contributed by atoms with E-state index in [1.165, 1.54) is 17.5 Å². The van der Waals surface area contributed by atoms with Gasteiger partial charge in [0.15, 0.2) is 0 Å². The molecular weight excluding hydrogens is 214 g/mol. The Morgan fingerprint density at radius 2 is 2.35 bits per heavy atom. The van der Waals surface area contributed by atoms with Crippen LogP contribution >= 0.6 is 0 Å². The molecule has 0 saturated heterocycles. The number of rotatable bonds is 5. The number of fused-ring (bicyclic) bond motifs is 1. The minimum absolute atomic E-state index is 0.173. The van der Waals surface area contributed by atoms with Crippen LogP contribution in [0.25, 0.3) is 0 Å². The predicted octanol–water partition coefficient (Wildman–Crippen LogP) is 1.90. The summed E-state index contributed by atoms with van der Waals surface area (Å²) in [6, 6.07) is 6.81. The molecule has 0 heterocycles. The van der Waals surface area contributed by atoms with Gasteiger partial charge < -0.3 is 15.2 Å². The Kier molecular flexibility index (Phi) is 4.02. The van der Waals surface area contributed by atoms with Crippen molar-refractivity contribution in [3.8, 4) is 5.75 Å². The van der Waals surface area contributed by atoms with Gasteiger partial charge in [0.05, 0.1) is 6.61 Å². The van der Waals surface area contributed by atoms with Crippen molar-refractivity contribution in [2.45, 2.75) is 25.8 Å². The predicted molar refractivity (Wildman–Crippen MR) is 68.3 cm³/mol. The molecule has 0 spiro atoms. The van der Waals surface area contributed by atoms with E-state index in [2.05, 4.69) is 17.4 Å². The maximum atomic E-state index is 8.95. The van der Waals surface area contributed by atoms with E-state index in [-0.39, 0.29) is 12.5 Å². The molecule has 2 rings (SSSR count). The quantitative estimate of drug-likeness (QED) is 0.819. The van der Waals surface area contributed by atoms with E-state index in [9.17, 15) is 0 Å². The summed E-state index contributed by atoms with van der Waals surface area (Å²) in [4.78, 5) is 0. The van der Waals surface area contributed by atoms with E-state index in [1.54, 1.807) is 0 Å². The Morgan fingerprint density at radius 1 is 1.53 bits per heavy atom. The van der Waals surface area contributed by atoms with Crippen LogP contribution in [0, 0.1) is 5.92 Å². The molecule has 3 heteroatoms. The summed E-state index contributed by atoms with van der Waals surface area (Å²) in [5.74, 6) is 1.11. The van der Waals surface area contributed by atoms with Crippen molar-refractivity contribution in [3.05, 3.63) is 29.3 Å². The van der Waals surface area contributed by atoms with E-state index in [1.807, 2.05) is 20.0 Å². The Hall–Kier alpha value is -1.06. The van der Waals surface area contributed by atoms with Crippen LogP contribution in [0.4, 0.5) is 0 Å². The van der Waals surface area contributed by atoms with Gasteiger partial charge >= 0.3 is 0 Å². The molecule has 0 aromatic heterocycles. The molecule has 1 aliphatic rings. The van der Waals surface area contributed by atoms with E-state index >= 15 is 0 Å². The van der Waals surface area contributed by atoms with E-state index < -0.39 is 0 Å². The second-order valence-corrected chi connectivity index (χ2v) is 4.84. The molecule has 2 atom stereocenters. The first-order valence-corrected chi connectivity index (χ1v) is 6.28. The normalized spacial score (nSPS) is 20.1. The third kappa shape index (κ3) is 2.79. The molecule has 2 N–H and O–H groups in total. The highest BCUT2D eigenvalue weighted by atomic mass is 16.5. The van der Waals surface area contributed by atoms with Crippen molar-refractivity contribution in [2.24, 2.45) is 5.92 Å². The Balaban J connectivity index is 2.03. The zero-order valence-corrected chi connectivity index (χ0v) is 10.6. The van der Waals surface area contributed by atoms with Crippen molar-refractivity contribution >= 4 is 0 Å². The fourth-order valence-corrected chi connectivity index (χ4v) is 2.27. The lowest BCUT2D eigenvalue weighted by atomic mass is 10.1. The molecule has 3 nitrogen and oxygen atoms in total. The van der Waals surface area contributed by atoms with E-state index in [0.29, 0.717) is 12.6 Å². The van der Waals surface area contributed by atoms with Crippen molar-refractivity contribution in [2.75, 3.05) is 20.3 Å². The third-order valence-electron chi connectivity index (χ3n) is 3.39. The van der Waals surface area contributed by atoms with Crippen molar-refractivity contribution in [1.82, 2.24) is 5.32 Å². The zero-order valence-electron chi connectivity index (χ0n) is 10.6. The summed E-state index contributed by atoms with van der Waals surface area (Å²) in [7, 11) is 2.01. The van der Waals surface area contributed by atoms with Crippen LogP contribution in [-0.4, -0.2) is 25.4 Å². The number of hydrogen-bond acceptors (Lipinski definition) is 3. The molecule has 0 fully saturated rings. The number of nitrogens with one attached hydrogen (secondary N) is 1. The minimum Gasteiger partial charge on any atom is -0.493 e. The van der Waals surface area contributed by atoms with Gasteiger partial charge in [-0.05, 0) is 43.1 Å². The fraction of sp³-hybridized carbons (Fsp3) is 0.571. The number of benzene rings is 1. The van der Waals surface area contributed by atoms with Gasteiger partial charge in [-0.1, -0.05) is 13.0 Å². The SMILES string of the molecule is CNC1CCc2cc(OCC(C)CO)ccc21. The summed E-state index contributed by atoms with van der Waals surface area (Å²) < 4.78 is 5.67. The molecule has 17 heavy (non-hydrogen) atoms. The van der Waals surface area contributed by atoms with Gasteiger partial charge in [-0.15, -0.1) is 0 Å². The number of ether oxygens (including phenoxy) is 1. The molecular formula is C14H21NO2. The van der Waals surface area contributed by atoms with Crippen LogP contribution in [0.1, 0.15) is 30.5 Å². The zero-order chi connectivity index (χ0) is 12.3. The summed E-state index contributed by atoms with van der Waals surface area (Å²) in [5.41, 5.74) is 2.79. The Bertz CT molecular complexity index is 378. The van der Waals surface area contributed by atoms with Crippen LogP contribution in [0.5, 0.6) is 5.75 Å². The highest BCUT2D eigenvalue weighted by molar-refractivity contribution is 5.40. The summed E-state index contributed by atoms with van der Waals surface area (Å²) in [5, 5.41) is 12.3. The summed E-state index contributed by atoms with van der Waals surface area (Å²) in [6.45, 7) is 2.72. The van der Waals surface area contributed by atoms with Crippen molar-refractivity contribution in [1.29, 1.82) is 0 Å². The Morgan fingerprint density at radius 3 is 3.06 bits per heavy atom. The van der Waals surface area contributed by atoms with Crippen molar-refractivity contribution < 1.29 is 9.84 Å². The number of aryl methyl sites for hydroxylation is 1. The van der Waals surface area contributed by atoms with Gasteiger partial charge in [0.1, 0.15) is 5.75 Å². The monoisotopic (exact) mass is 235 g/mol. The van der Waals surface area contributed by atoms with Gasteiger partial charge in [0.25, 0.3) is 0 Å². The van der Waals surface area contributed by atoms with Crippen LogP contribution < -0.4 is 10.1 Å². The van der Waals surface area contributed by atoms with Crippen molar-refractivity contribution in [3.63, 3.8) is 0 Å². The van der Waals surface area contributed by atoms with Crippen LogP contribution in [0.3, 0.4) is 0 Å². The van der Waals surface area contributed by atoms with Gasteiger partial charge in [0, 0.05) is 18.6 Å². The first kappa shape index (κ1) is 12.4. The molecule has 1 aromatic carbocycles. The Labute approximate surface area is 103 Å². The van der Waals surface area contributed by atoms with E-state index in [4.69, 9.17) is 9.84 Å². The molecule has 0 saturated carbocycles. The highest BCUT2D eigenvalue weighted by Gasteiger charge is 2.21. The van der Waals surface area contributed by atoms with Gasteiger partial charge in [-0.3, -0.25) is 0 Å². The number of aliphatic hydroxyl groups excluding tert-OH is 1. The molecule has 1 aromatic rings. The molecule has 1 aliphatic carbocycles. The first-order valence-electron chi connectivity index (χ1n) is 6.28. The molecule has 94 valence electrons. The number of hydrogen-bond donors (Lipinski definition) is 2. The second kappa shape index (κ2) is 5.52. The molecule has 0 bridgehead atoms. The van der Waals surface area contributed by atoms with Gasteiger partial charge in [0.2, 0.25) is 0 Å². The maximum absolute atomic E-state index is 8.95. The standard InChI is InChI=1S/C14H21NO2/c1-10(8-16)9-17-12-4-5-13-11(7-12)3-6-14(13)15-2/h4-5,7,10,14-16H,3,6,8-9H2,1-2H3.